The Morgan fingerprint density at radius 1 is 0.420 bits per heavy atom. The maximum Gasteiger partial charge on any atom is 0.257 e. The summed E-state index contributed by atoms with van der Waals surface area (Å²) in [6.45, 7) is 2.25. The molecule has 0 radical (unpaired) electrons. The summed E-state index contributed by atoms with van der Waals surface area (Å²) < 4.78 is 14.4. The van der Waals surface area contributed by atoms with Gasteiger partial charge in [0, 0.05) is 80.3 Å². The van der Waals surface area contributed by atoms with Gasteiger partial charge in [-0.2, -0.15) is 0 Å². The second-order valence-corrected chi connectivity index (χ2v) is 18.5. The van der Waals surface area contributed by atoms with Gasteiger partial charge < -0.3 is 24.2 Å². The summed E-state index contributed by atoms with van der Waals surface area (Å²) in [6.07, 6.45) is 8.28. The molecule has 2 aliphatic heterocycles. The SMILES string of the molecule is CC1C=CC2C3=C(C=C(N(c4ccccc4)c4cccc(N(c5ccccc5)c5ccccc5)c4)C2C1)Oc1cccc2c1B3c1c(cc(N(c3ccccc3)c3ccccc3)c3ccccc13)O2. The molecule has 0 spiro atoms. The molecule has 2 heterocycles. The zero-order chi connectivity index (χ0) is 45.8. The number of rotatable bonds is 9. The van der Waals surface area contributed by atoms with Crippen LogP contribution in [-0.2, 0) is 0 Å². The number of nitrogens with zero attached hydrogens (tertiary/aromatic N) is 3. The highest BCUT2D eigenvalue weighted by Gasteiger charge is 2.49. The van der Waals surface area contributed by atoms with E-state index in [9.17, 15) is 0 Å². The number of ether oxygens (including phenoxy) is 2. The van der Waals surface area contributed by atoms with Crippen LogP contribution in [0.1, 0.15) is 13.3 Å². The Hall–Kier alpha value is -8.48. The molecule has 0 bridgehead atoms. The van der Waals surface area contributed by atoms with Crippen LogP contribution in [0, 0.1) is 17.8 Å². The molecule has 13 rings (SSSR count). The van der Waals surface area contributed by atoms with Gasteiger partial charge in [0.25, 0.3) is 6.71 Å². The molecule has 6 heteroatoms. The number of hydrogen-bond acceptors (Lipinski definition) is 5. The molecular formula is C63H48BN3O2. The molecule has 3 atom stereocenters. The van der Waals surface area contributed by atoms with E-state index in [1.807, 2.05) is 0 Å². The molecule has 0 amide bonds. The summed E-state index contributed by atoms with van der Waals surface area (Å²) in [5.41, 5.74) is 13.5. The van der Waals surface area contributed by atoms with Gasteiger partial charge in [0.1, 0.15) is 23.0 Å². The minimum absolute atomic E-state index is 0.0523. The standard InChI is InChI=1S/C63H48BN3O2/c1-43-37-38-53-54(39-43)56(67(48-29-15-6-16-30-48)50-32-19-31-49(40-50)65(44-21-7-2-8-22-44)45-23-9-3-10-24-45)42-60-62(53)64-61-52-34-18-17-33-51(52)55(41-59(61)68-57-35-20-36-58(69-60)63(57)64)66(46-25-11-4-12-26-46)47-27-13-5-14-28-47/h2-38,40-43,53-54H,39H2,1H3. The maximum atomic E-state index is 7.24. The minimum Gasteiger partial charge on any atom is -0.459 e. The van der Waals surface area contributed by atoms with Crippen LogP contribution in [0.5, 0.6) is 17.2 Å². The quantitative estimate of drug-likeness (QED) is 0.106. The zero-order valence-corrected chi connectivity index (χ0v) is 38.3. The second kappa shape index (κ2) is 17.0. The topological polar surface area (TPSA) is 28.2 Å². The van der Waals surface area contributed by atoms with Crippen molar-refractivity contribution in [3.05, 3.63) is 260 Å². The van der Waals surface area contributed by atoms with Crippen molar-refractivity contribution in [3.63, 3.8) is 0 Å². The van der Waals surface area contributed by atoms with Gasteiger partial charge >= 0.3 is 0 Å². The normalized spacial score (nSPS) is 17.3. The molecule has 0 N–H and O–H groups in total. The average Bonchev–Trinajstić information content (AvgIpc) is 3.40. The molecule has 0 fully saturated rings. The Labute approximate surface area is 404 Å². The van der Waals surface area contributed by atoms with Gasteiger partial charge in [-0.25, -0.2) is 0 Å². The lowest BCUT2D eigenvalue weighted by molar-refractivity contribution is 0.361. The highest BCUT2D eigenvalue weighted by atomic mass is 16.5. The van der Waals surface area contributed by atoms with Crippen LogP contribution in [0.15, 0.2) is 260 Å². The summed E-state index contributed by atoms with van der Waals surface area (Å²) >= 11 is 0. The van der Waals surface area contributed by atoms with E-state index < -0.39 is 0 Å². The van der Waals surface area contributed by atoms with E-state index in [1.54, 1.807) is 0 Å². The van der Waals surface area contributed by atoms with Crippen molar-refractivity contribution in [3.8, 4) is 17.2 Å². The molecule has 0 saturated carbocycles. The van der Waals surface area contributed by atoms with Crippen LogP contribution in [-0.4, -0.2) is 6.71 Å². The van der Waals surface area contributed by atoms with Gasteiger partial charge in [0.2, 0.25) is 0 Å². The maximum absolute atomic E-state index is 7.24. The van der Waals surface area contributed by atoms with Crippen LogP contribution >= 0.6 is 0 Å². The first-order chi connectivity index (χ1) is 34.2. The molecule has 69 heavy (non-hydrogen) atoms. The predicted octanol–water partition coefficient (Wildman–Crippen LogP) is 15.2. The largest absolute Gasteiger partial charge is 0.459 e. The molecule has 9 aromatic carbocycles. The fourth-order valence-corrected chi connectivity index (χ4v) is 11.4. The second-order valence-electron chi connectivity index (χ2n) is 18.5. The zero-order valence-electron chi connectivity index (χ0n) is 38.3. The number of para-hydroxylation sites is 5. The molecule has 2 aliphatic carbocycles. The van der Waals surface area contributed by atoms with Crippen molar-refractivity contribution in [2.24, 2.45) is 17.8 Å². The Morgan fingerprint density at radius 3 is 1.49 bits per heavy atom. The Kier molecular flexibility index (Phi) is 10.0. The third-order valence-electron chi connectivity index (χ3n) is 14.3. The Balaban J connectivity index is 1.02. The third kappa shape index (κ3) is 7.02. The fourth-order valence-electron chi connectivity index (χ4n) is 11.4. The molecule has 9 aromatic rings. The molecule has 3 unspecified atom stereocenters. The monoisotopic (exact) mass is 889 g/mol. The molecule has 0 aromatic heterocycles. The molecule has 330 valence electrons. The van der Waals surface area contributed by atoms with Crippen LogP contribution in [0.25, 0.3) is 10.8 Å². The summed E-state index contributed by atoms with van der Waals surface area (Å²) in [6, 6.07) is 79.9. The van der Waals surface area contributed by atoms with Gasteiger partial charge in [-0.1, -0.05) is 146 Å². The third-order valence-corrected chi connectivity index (χ3v) is 14.3. The fraction of sp³-hybridized carbons (Fsp3) is 0.0794. The lowest BCUT2D eigenvalue weighted by Gasteiger charge is -2.46. The van der Waals surface area contributed by atoms with Gasteiger partial charge in [-0.3, -0.25) is 0 Å². The van der Waals surface area contributed by atoms with E-state index in [1.165, 1.54) is 22.0 Å². The van der Waals surface area contributed by atoms with Crippen LogP contribution in [0.3, 0.4) is 0 Å². The number of anilines is 8. The summed E-state index contributed by atoms with van der Waals surface area (Å²) in [4.78, 5) is 7.18. The summed E-state index contributed by atoms with van der Waals surface area (Å²) in [5, 5.41) is 2.33. The van der Waals surface area contributed by atoms with Crippen molar-refractivity contribution in [1.29, 1.82) is 0 Å². The first-order valence-electron chi connectivity index (χ1n) is 24.1. The van der Waals surface area contributed by atoms with E-state index in [0.717, 1.165) is 85.8 Å². The van der Waals surface area contributed by atoms with Gasteiger partial charge in [0.05, 0.1) is 5.69 Å². The van der Waals surface area contributed by atoms with Crippen molar-refractivity contribution in [1.82, 2.24) is 0 Å². The minimum atomic E-state index is -0.105. The number of hydrogen-bond donors (Lipinski definition) is 0. The average molecular weight is 890 g/mol. The number of allylic oxidation sites excluding steroid dienone is 5. The number of benzene rings is 9. The van der Waals surface area contributed by atoms with Crippen LogP contribution in [0.2, 0.25) is 0 Å². The van der Waals surface area contributed by atoms with E-state index in [2.05, 4.69) is 264 Å². The van der Waals surface area contributed by atoms with E-state index in [0.29, 0.717) is 5.92 Å². The van der Waals surface area contributed by atoms with Crippen LogP contribution < -0.4 is 35.1 Å². The van der Waals surface area contributed by atoms with Crippen molar-refractivity contribution in [2.45, 2.75) is 13.3 Å². The first-order valence-corrected chi connectivity index (χ1v) is 24.1. The van der Waals surface area contributed by atoms with Gasteiger partial charge in [-0.15, -0.1) is 0 Å². The van der Waals surface area contributed by atoms with Gasteiger partial charge in [-0.05, 0) is 120 Å². The lowest BCUT2D eigenvalue weighted by atomic mass is 9.31. The lowest BCUT2D eigenvalue weighted by Crippen LogP contribution is -2.55. The Morgan fingerprint density at radius 2 is 0.899 bits per heavy atom. The van der Waals surface area contributed by atoms with Crippen molar-refractivity contribution >= 4 is 73.9 Å². The summed E-state index contributed by atoms with van der Waals surface area (Å²) in [5.74, 6) is 4.03. The summed E-state index contributed by atoms with van der Waals surface area (Å²) in [7, 11) is 0. The molecule has 4 aliphatic rings. The Bertz CT molecular complexity index is 3390. The van der Waals surface area contributed by atoms with Crippen LogP contribution in [0.4, 0.5) is 45.5 Å². The number of fused-ring (bicyclic) bond motifs is 7. The highest BCUT2D eigenvalue weighted by molar-refractivity contribution is 6.95. The van der Waals surface area contributed by atoms with Crippen molar-refractivity contribution < 1.29 is 9.47 Å². The first kappa shape index (κ1) is 40.8. The van der Waals surface area contributed by atoms with E-state index >= 15 is 0 Å². The predicted molar refractivity (Wildman–Crippen MR) is 286 cm³/mol. The van der Waals surface area contributed by atoms with Crippen molar-refractivity contribution in [2.75, 3.05) is 14.7 Å². The van der Waals surface area contributed by atoms with Gasteiger partial charge in [0.15, 0.2) is 0 Å². The molecule has 5 nitrogen and oxygen atoms in total. The molecule has 0 saturated heterocycles. The highest BCUT2D eigenvalue weighted by Crippen LogP contribution is 2.52. The molecular weight excluding hydrogens is 842 g/mol. The smallest absolute Gasteiger partial charge is 0.257 e. The van der Waals surface area contributed by atoms with E-state index in [4.69, 9.17) is 9.47 Å². The van der Waals surface area contributed by atoms with E-state index in [-0.39, 0.29) is 18.5 Å².